The molecule has 2 aliphatic rings. The number of para-hydroxylation sites is 1. The van der Waals surface area contributed by atoms with Gasteiger partial charge in [0.25, 0.3) is 0 Å². The first-order valence-corrected chi connectivity index (χ1v) is 12.0. The predicted octanol–water partition coefficient (Wildman–Crippen LogP) is 5.02. The Balaban J connectivity index is 1.42. The van der Waals surface area contributed by atoms with Crippen LogP contribution in [0.5, 0.6) is 0 Å². The van der Waals surface area contributed by atoms with E-state index in [4.69, 9.17) is 4.74 Å². The van der Waals surface area contributed by atoms with Crippen molar-refractivity contribution < 1.29 is 14.3 Å². The standard InChI is InChI=1S/C20H20N2O3S3/c1-2-25-19(24)17-13-7-5-9-15(13)28-18(17)22-16(23)11-27-20-21-14-8-4-3-6-12(14)10-26-20/h3-4,6,8H,2,5,7,9-11H2,1H3,(H,22,23). The van der Waals surface area contributed by atoms with Crippen molar-refractivity contribution in [2.75, 3.05) is 17.7 Å². The average Bonchev–Trinajstić information content (AvgIpc) is 3.27. The molecule has 2 heterocycles. The number of fused-ring (bicyclic) bond motifs is 2. The van der Waals surface area contributed by atoms with Crippen LogP contribution in [0.2, 0.25) is 0 Å². The number of benzene rings is 1. The lowest BCUT2D eigenvalue weighted by Gasteiger charge is -2.14. The number of amides is 1. The fourth-order valence-corrected chi connectivity index (χ4v) is 6.44. The van der Waals surface area contributed by atoms with E-state index in [1.807, 2.05) is 18.2 Å². The molecule has 8 heteroatoms. The second kappa shape index (κ2) is 8.71. The van der Waals surface area contributed by atoms with E-state index in [1.54, 1.807) is 18.7 Å². The zero-order valence-electron chi connectivity index (χ0n) is 15.4. The number of hydrogen-bond acceptors (Lipinski definition) is 7. The molecule has 0 unspecified atom stereocenters. The lowest BCUT2D eigenvalue weighted by Crippen LogP contribution is -2.17. The molecular weight excluding hydrogens is 412 g/mol. The second-order valence-electron chi connectivity index (χ2n) is 6.41. The van der Waals surface area contributed by atoms with Gasteiger partial charge in [-0.05, 0) is 43.4 Å². The van der Waals surface area contributed by atoms with E-state index in [0.29, 0.717) is 17.2 Å². The maximum absolute atomic E-state index is 12.5. The van der Waals surface area contributed by atoms with Gasteiger partial charge in [0.05, 0.1) is 23.6 Å². The summed E-state index contributed by atoms with van der Waals surface area (Å²) in [5.41, 5.74) is 3.79. The van der Waals surface area contributed by atoms with E-state index in [-0.39, 0.29) is 17.6 Å². The van der Waals surface area contributed by atoms with Gasteiger partial charge in [0.15, 0.2) is 0 Å². The SMILES string of the molecule is CCOC(=O)c1c(NC(=O)CSC2=Nc3ccccc3CS2)sc2c1CCC2. The van der Waals surface area contributed by atoms with Gasteiger partial charge in [-0.1, -0.05) is 41.7 Å². The summed E-state index contributed by atoms with van der Waals surface area (Å²) >= 11 is 4.59. The highest BCUT2D eigenvalue weighted by molar-refractivity contribution is 8.38. The molecule has 1 aromatic heterocycles. The molecule has 1 amide bonds. The number of esters is 1. The van der Waals surface area contributed by atoms with E-state index in [0.717, 1.165) is 40.6 Å². The number of aliphatic imine (C=N–C) groups is 1. The monoisotopic (exact) mass is 432 g/mol. The number of nitrogens with zero attached hydrogens (tertiary/aromatic N) is 1. The Hall–Kier alpha value is -1.77. The molecule has 0 fully saturated rings. The molecule has 1 aliphatic heterocycles. The minimum Gasteiger partial charge on any atom is -0.462 e. The zero-order valence-corrected chi connectivity index (χ0v) is 17.9. The summed E-state index contributed by atoms with van der Waals surface area (Å²) in [5.74, 6) is 0.666. The van der Waals surface area contributed by atoms with Crippen molar-refractivity contribution in [3.63, 3.8) is 0 Å². The molecule has 1 N–H and O–H groups in total. The van der Waals surface area contributed by atoms with Crippen molar-refractivity contribution >= 4 is 61.8 Å². The molecule has 5 nitrogen and oxygen atoms in total. The maximum atomic E-state index is 12.5. The summed E-state index contributed by atoms with van der Waals surface area (Å²) in [6, 6.07) is 8.06. The number of aryl methyl sites for hydroxylation is 1. The number of thiophene rings is 1. The van der Waals surface area contributed by atoms with Gasteiger partial charge in [-0.2, -0.15) is 0 Å². The lowest BCUT2D eigenvalue weighted by atomic mass is 10.1. The molecule has 146 valence electrons. The molecule has 0 bridgehead atoms. The van der Waals surface area contributed by atoms with Crippen molar-refractivity contribution in [2.24, 2.45) is 4.99 Å². The molecule has 0 atom stereocenters. The molecular formula is C20H20N2O3S3. The highest BCUT2D eigenvalue weighted by atomic mass is 32.2. The Morgan fingerprint density at radius 2 is 2.14 bits per heavy atom. The quantitative estimate of drug-likeness (QED) is 0.672. The molecule has 2 aromatic rings. The Labute approximate surface area is 176 Å². The Morgan fingerprint density at radius 1 is 1.29 bits per heavy atom. The van der Waals surface area contributed by atoms with Gasteiger partial charge in [0.2, 0.25) is 5.91 Å². The highest BCUT2D eigenvalue weighted by Crippen LogP contribution is 2.40. The first-order valence-electron chi connectivity index (χ1n) is 9.19. The van der Waals surface area contributed by atoms with Gasteiger partial charge >= 0.3 is 5.97 Å². The third-order valence-corrected chi connectivity index (χ3v) is 7.99. The summed E-state index contributed by atoms with van der Waals surface area (Å²) in [5, 5.41) is 3.55. The smallest absolute Gasteiger partial charge is 0.341 e. The fourth-order valence-electron chi connectivity index (χ4n) is 3.29. The molecule has 0 radical (unpaired) electrons. The third-order valence-electron chi connectivity index (χ3n) is 4.54. The normalized spacial score (nSPS) is 14.8. The molecule has 1 aliphatic carbocycles. The van der Waals surface area contributed by atoms with Gasteiger partial charge in [-0.15, -0.1) is 11.3 Å². The number of carbonyl (C=O) groups is 2. The van der Waals surface area contributed by atoms with Crippen LogP contribution in [0.25, 0.3) is 0 Å². The molecule has 0 saturated heterocycles. The van der Waals surface area contributed by atoms with Gasteiger partial charge in [0, 0.05) is 10.6 Å². The van der Waals surface area contributed by atoms with Crippen LogP contribution in [0.4, 0.5) is 10.7 Å². The van der Waals surface area contributed by atoms with Crippen LogP contribution < -0.4 is 5.32 Å². The number of hydrogen-bond donors (Lipinski definition) is 1. The molecule has 4 rings (SSSR count). The minimum absolute atomic E-state index is 0.127. The van der Waals surface area contributed by atoms with Crippen LogP contribution in [-0.4, -0.2) is 28.6 Å². The van der Waals surface area contributed by atoms with Crippen molar-refractivity contribution in [2.45, 2.75) is 31.9 Å². The Bertz CT molecular complexity index is 952. The van der Waals surface area contributed by atoms with Gasteiger partial charge < -0.3 is 10.1 Å². The summed E-state index contributed by atoms with van der Waals surface area (Å²) in [4.78, 5) is 30.7. The summed E-state index contributed by atoms with van der Waals surface area (Å²) in [6.45, 7) is 2.12. The zero-order chi connectivity index (χ0) is 19.5. The van der Waals surface area contributed by atoms with Gasteiger partial charge in [-0.25, -0.2) is 9.79 Å². The Morgan fingerprint density at radius 3 is 3.00 bits per heavy atom. The van der Waals surface area contributed by atoms with Gasteiger partial charge in [-0.3, -0.25) is 4.79 Å². The number of thioether (sulfide) groups is 2. The third kappa shape index (κ3) is 4.14. The average molecular weight is 433 g/mol. The van der Waals surface area contributed by atoms with Crippen LogP contribution in [0.3, 0.4) is 0 Å². The van der Waals surface area contributed by atoms with Crippen LogP contribution >= 0.6 is 34.9 Å². The van der Waals surface area contributed by atoms with E-state index >= 15 is 0 Å². The predicted molar refractivity (Wildman–Crippen MR) is 118 cm³/mol. The first-order chi connectivity index (χ1) is 13.7. The van der Waals surface area contributed by atoms with Crippen molar-refractivity contribution in [3.8, 4) is 0 Å². The van der Waals surface area contributed by atoms with Crippen LogP contribution in [0.1, 0.15) is 39.7 Å². The lowest BCUT2D eigenvalue weighted by molar-refractivity contribution is -0.113. The molecule has 0 saturated carbocycles. The Kier molecular flexibility index (Phi) is 6.08. The second-order valence-corrected chi connectivity index (χ2v) is 9.71. The molecule has 1 aromatic carbocycles. The van der Waals surface area contributed by atoms with E-state index in [1.165, 1.54) is 33.5 Å². The largest absolute Gasteiger partial charge is 0.462 e. The molecule has 0 spiro atoms. The minimum atomic E-state index is -0.339. The highest BCUT2D eigenvalue weighted by Gasteiger charge is 2.28. The number of ether oxygens (including phenoxy) is 1. The number of nitrogens with one attached hydrogen (secondary N) is 1. The van der Waals surface area contributed by atoms with Crippen LogP contribution in [0.15, 0.2) is 29.3 Å². The first kappa shape index (κ1) is 19.5. The van der Waals surface area contributed by atoms with Crippen LogP contribution in [0, 0.1) is 0 Å². The van der Waals surface area contributed by atoms with Crippen LogP contribution in [-0.2, 0) is 28.1 Å². The summed E-state index contributed by atoms with van der Waals surface area (Å²) in [7, 11) is 0. The van der Waals surface area contributed by atoms with Crippen molar-refractivity contribution in [1.29, 1.82) is 0 Å². The summed E-state index contributed by atoms with van der Waals surface area (Å²) < 4.78 is 6.11. The number of anilines is 1. The van der Waals surface area contributed by atoms with E-state index < -0.39 is 0 Å². The van der Waals surface area contributed by atoms with Crippen molar-refractivity contribution in [3.05, 3.63) is 45.8 Å². The number of carbonyl (C=O) groups excluding carboxylic acids is 2. The fraction of sp³-hybridized carbons (Fsp3) is 0.350. The maximum Gasteiger partial charge on any atom is 0.341 e. The topological polar surface area (TPSA) is 67.8 Å². The van der Waals surface area contributed by atoms with Crippen molar-refractivity contribution in [1.82, 2.24) is 0 Å². The van der Waals surface area contributed by atoms with E-state index in [2.05, 4.69) is 16.4 Å². The molecule has 28 heavy (non-hydrogen) atoms. The summed E-state index contributed by atoms with van der Waals surface area (Å²) in [6.07, 6.45) is 2.89. The number of rotatable bonds is 5. The van der Waals surface area contributed by atoms with E-state index in [9.17, 15) is 9.59 Å². The van der Waals surface area contributed by atoms with Gasteiger partial charge in [0.1, 0.15) is 9.38 Å².